The zero-order chi connectivity index (χ0) is 14.5. The van der Waals surface area contributed by atoms with Gasteiger partial charge in [0.25, 0.3) is 0 Å². The molecule has 6 nitrogen and oxygen atoms in total. The number of carbonyl (C=O) groups excluding carboxylic acids is 1. The van der Waals surface area contributed by atoms with Crippen LogP contribution in [0.25, 0.3) is 0 Å². The molecule has 0 atom stereocenters. The molecule has 6 heteroatoms. The van der Waals surface area contributed by atoms with Crippen LogP contribution in [0.3, 0.4) is 0 Å². The number of oxime groups is 1. The molecule has 0 unspecified atom stereocenters. The summed E-state index contributed by atoms with van der Waals surface area (Å²) in [5, 5.41) is 14.8. The summed E-state index contributed by atoms with van der Waals surface area (Å²) in [6.07, 6.45) is 1.31. The molecule has 0 aromatic carbocycles. The smallest absolute Gasteiger partial charge is 0.234 e. The summed E-state index contributed by atoms with van der Waals surface area (Å²) in [5.41, 5.74) is 4.89. The molecule has 1 rings (SSSR count). The number of nitrogens with two attached hydrogens (primary N) is 1. The number of amidine groups is 1. The number of amides is 1. The fourth-order valence-electron chi connectivity index (χ4n) is 2.77. The third kappa shape index (κ3) is 3.37. The SMILES string of the molecule is CCN(CC)CCNC(=O)C1(C(N)=NO)CC(C)C1. The third-order valence-electron chi connectivity index (χ3n) is 4.03. The van der Waals surface area contributed by atoms with Gasteiger partial charge in [0.1, 0.15) is 5.41 Å². The molecule has 1 fully saturated rings. The van der Waals surface area contributed by atoms with Gasteiger partial charge < -0.3 is 21.2 Å². The lowest BCUT2D eigenvalue weighted by molar-refractivity contribution is -0.133. The van der Waals surface area contributed by atoms with E-state index in [9.17, 15) is 4.79 Å². The minimum Gasteiger partial charge on any atom is -0.409 e. The van der Waals surface area contributed by atoms with Crippen LogP contribution in [0.2, 0.25) is 0 Å². The van der Waals surface area contributed by atoms with Gasteiger partial charge in [-0.05, 0) is 31.8 Å². The van der Waals surface area contributed by atoms with E-state index in [4.69, 9.17) is 10.9 Å². The summed E-state index contributed by atoms with van der Waals surface area (Å²) < 4.78 is 0. The minimum absolute atomic E-state index is 0.0333. The number of nitrogens with one attached hydrogen (secondary N) is 1. The van der Waals surface area contributed by atoms with Crippen LogP contribution < -0.4 is 11.1 Å². The van der Waals surface area contributed by atoms with Crippen molar-refractivity contribution in [2.45, 2.75) is 33.6 Å². The monoisotopic (exact) mass is 270 g/mol. The van der Waals surface area contributed by atoms with Crippen molar-refractivity contribution in [1.29, 1.82) is 0 Å². The molecule has 0 saturated heterocycles. The average Bonchev–Trinajstić information content (AvgIpc) is 2.38. The Morgan fingerprint density at radius 2 is 2.05 bits per heavy atom. The summed E-state index contributed by atoms with van der Waals surface area (Å²) in [6.45, 7) is 9.60. The first kappa shape index (κ1) is 15.8. The van der Waals surface area contributed by atoms with Gasteiger partial charge in [0, 0.05) is 13.1 Å². The highest BCUT2D eigenvalue weighted by Crippen LogP contribution is 2.45. The molecule has 0 aromatic rings. The standard InChI is InChI=1S/C13H26N4O2/c1-4-17(5-2)7-6-15-12(18)13(11(14)16-19)8-10(3)9-13/h10,19H,4-9H2,1-3H3,(H2,14,16)(H,15,18). The van der Waals surface area contributed by atoms with Crippen molar-refractivity contribution in [3.05, 3.63) is 0 Å². The van der Waals surface area contributed by atoms with Crippen LogP contribution in [0, 0.1) is 11.3 Å². The van der Waals surface area contributed by atoms with E-state index in [1.54, 1.807) is 0 Å². The maximum Gasteiger partial charge on any atom is 0.234 e. The van der Waals surface area contributed by atoms with E-state index in [1.165, 1.54) is 0 Å². The molecule has 0 bridgehead atoms. The van der Waals surface area contributed by atoms with E-state index >= 15 is 0 Å². The third-order valence-corrected chi connectivity index (χ3v) is 4.03. The first-order chi connectivity index (χ1) is 9.00. The Hall–Kier alpha value is -1.30. The molecular weight excluding hydrogens is 244 g/mol. The van der Waals surface area contributed by atoms with Crippen LogP contribution in [0.4, 0.5) is 0 Å². The Bertz CT molecular complexity index is 334. The van der Waals surface area contributed by atoms with E-state index in [2.05, 4.69) is 36.1 Å². The Labute approximate surface area is 115 Å². The number of likely N-dealkylation sites (N-methyl/N-ethyl adjacent to an activating group) is 1. The molecule has 19 heavy (non-hydrogen) atoms. The molecule has 0 heterocycles. The predicted molar refractivity (Wildman–Crippen MR) is 75.0 cm³/mol. The van der Waals surface area contributed by atoms with Crippen molar-refractivity contribution in [2.75, 3.05) is 26.2 Å². The average molecular weight is 270 g/mol. The summed E-state index contributed by atoms with van der Waals surface area (Å²) in [4.78, 5) is 14.5. The maximum atomic E-state index is 12.2. The number of hydrogen-bond donors (Lipinski definition) is 3. The second-order valence-corrected chi connectivity index (χ2v) is 5.36. The van der Waals surface area contributed by atoms with Gasteiger partial charge in [-0.1, -0.05) is 25.9 Å². The van der Waals surface area contributed by atoms with Crippen molar-refractivity contribution in [3.8, 4) is 0 Å². The largest absolute Gasteiger partial charge is 0.409 e. The van der Waals surface area contributed by atoms with Gasteiger partial charge in [0.2, 0.25) is 5.91 Å². The Morgan fingerprint density at radius 3 is 2.47 bits per heavy atom. The summed E-state index contributed by atoms with van der Waals surface area (Å²) in [6, 6.07) is 0. The highest BCUT2D eigenvalue weighted by atomic mass is 16.4. The lowest BCUT2D eigenvalue weighted by Crippen LogP contribution is -2.57. The Kier molecular flexibility index (Phi) is 5.60. The topological polar surface area (TPSA) is 91.0 Å². The molecule has 0 aromatic heterocycles. The number of carbonyl (C=O) groups is 1. The summed E-state index contributed by atoms with van der Waals surface area (Å²) >= 11 is 0. The lowest BCUT2D eigenvalue weighted by atomic mass is 9.61. The quantitative estimate of drug-likeness (QED) is 0.273. The highest BCUT2D eigenvalue weighted by Gasteiger charge is 2.51. The first-order valence-corrected chi connectivity index (χ1v) is 6.98. The van der Waals surface area contributed by atoms with Gasteiger partial charge in [-0.15, -0.1) is 0 Å². The predicted octanol–water partition coefficient (Wildman–Crippen LogP) is 0.607. The van der Waals surface area contributed by atoms with Crippen molar-refractivity contribution >= 4 is 11.7 Å². The van der Waals surface area contributed by atoms with Crippen LogP contribution in [0.15, 0.2) is 5.16 Å². The van der Waals surface area contributed by atoms with Gasteiger partial charge in [-0.25, -0.2) is 0 Å². The van der Waals surface area contributed by atoms with Crippen LogP contribution >= 0.6 is 0 Å². The van der Waals surface area contributed by atoms with Gasteiger partial charge in [-0.3, -0.25) is 4.79 Å². The normalized spacial score (nSPS) is 27.2. The summed E-state index contributed by atoms with van der Waals surface area (Å²) in [5.74, 6) is 0.354. The van der Waals surface area contributed by atoms with Crippen molar-refractivity contribution in [2.24, 2.45) is 22.2 Å². The Morgan fingerprint density at radius 1 is 1.47 bits per heavy atom. The fraction of sp³-hybridized carbons (Fsp3) is 0.846. The highest BCUT2D eigenvalue weighted by molar-refractivity contribution is 6.07. The summed E-state index contributed by atoms with van der Waals surface area (Å²) in [7, 11) is 0. The molecule has 0 aliphatic heterocycles. The van der Waals surface area contributed by atoms with E-state index in [-0.39, 0.29) is 11.7 Å². The van der Waals surface area contributed by atoms with Crippen molar-refractivity contribution in [3.63, 3.8) is 0 Å². The van der Waals surface area contributed by atoms with Gasteiger partial charge in [-0.2, -0.15) is 0 Å². The van der Waals surface area contributed by atoms with E-state index in [0.717, 1.165) is 19.6 Å². The van der Waals surface area contributed by atoms with Crippen LogP contribution in [0.1, 0.15) is 33.6 Å². The molecular formula is C13H26N4O2. The zero-order valence-electron chi connectivity index (χ0n) is 12.1. The molecule has 0 radical (unpaired) electrons. The number of hydrogen-bond acceptors (Lipinski definition) is 4. The van der Waals surface area contributed by atoms with Gasteiger partial charge in [0.05, 0.1) is 0 Å². The number of nitrogens with zero attached hydrogens (tertiary/aromatic N) is 2. The number of rotatable bonds is 7. The minimum atomic E-state index is -0.794. The molecule has 110 valence electrons. The molecule has 0 spiro atoms. The second-order valence-electron chi connectivity index (χ2n) is 5.36. The van der Waals surface area contributed by atoms with Crippen LogP contribution in [-0.4, -0.2) is 48.0 Å². The van der Waals surface area contributed by atoms with Gasteiger partial charge in [0.15, 0.2) is 5.84 Å². The zero-order valence-corrected chi connectivity index (χ0v) is 12.1. The lowest BCUT2D eigenvalue weighted by Gasteiger charge is -2.43. The van der Waals surface area contributed by atoms with Crippen molar-refractivity contribution in [1.82, 2.24) is 10.2 Å². The molecule has 1 saturated carbocycles. The molecule has 4 N–H and O–H groups in total. The van der Waals surface area contributed by atoms with Crippen molar-refractivity contribution < 1.29 is 10.0 Å². The fourth-order valence-corrected chi connectivity index (χ4v) is 2.77. The Balaban J connectivity index is 2.51. The molecule has 1 aliphatic carbocycles. The van der Waals surface area contributed by atoms with Crippen LogP contribution in [-0.2, 0) is 4.79 Å². The van der Waals surface area contributed by atoms with Crippen LogP contribution in [0.5, 0.6) is 0 Å². The van der Waals surface area contributed by atoms with E-state index < -0.39 is 5.41 Å². The van der Waals surface area contributed by atoms with E-state index in [1.807, 2.05) is 0 Å². The second kappa shape index (κ2) is 6.75. The van der Waals surface area contributed by atoms with E-state index in [0.29, 0.717) is 25.3 Å². The first-order valence-electron chi connectivity index (χ1n) is 6.98. The molecule has 1 aliphatic rings. The molecule has 1 amide bonds. The van der Waals surface area contributed by atoms with Gasteiger partial charge >= 0.3 is 0 Å². The maximum absolute atomic E-state index is 12.2.